The summed E-state index contributed by atoms with van der Waals surface area (Å²) in [7, 11) is 0. The molecule has 1 aromatic rings. The first-order valence-corrected chi connectivity index (χ1v) is 4.22. The summed E-state index contributed by atoms with van der Waals surface area (Å²) in [5.41, 5.74) is 6.88. The Hall–Kier alpha value is -0.470. The molecule has 1 nitrogen and oxygen atoms in total. The molecule has 1 rings (SSSR count). The molecule has 0 amide bonds. The van der Waals surface area contributed by atoms with E-state index in [1.54, 1.807) is 0 Å². The fraction of sp³-hybridized carbons (Fsp3) is 0.333. The van der Waals surface area contributed by atoms with Gasteiger partial charge in [-0.1, -0.05) is 30.3 Å². The highest BCUT2D eigenvalue weighted by Gasteiger charge is 2.09. The Morgan fingerprint density at radius 2 is 1.82 bits per heavy atom. The predicted octanol–water partition coefficient (Wildman–Crippen LogP) is 2.00. The number of nitrogens with two attached hydrogens (primary N) is 1. The number of benzene rings is 1. The Bertz CT molecular complexity index is 208. The van der Waals surface area contributed by atoms with Crippen molar-refractivity contribution in [3.05, 3.63) is 35.9 Å². The molecular formula is C9H13NS. The van der Waals surface area contributed by atoms with Crippen molar-refractivity contribution in [1.82, 2.24) is 0 Å². The van der Waals surface area contributed by atoms with Crippen LogP contribution in [0.4, 0.5) is 0 Å². The molecule has 2 N–H and O–H groups in total. The molecule has 0 aromatic heterocycles. The van der Waals surface area contributed by atoms with Crippen LogP contribution in [-0.4, -0.2) is 6.04 Å². The van der Waals surface area contributed by atoms with Crippen molar-refractivity contribution in [3.63, 3.8) is 0 Å². The predicted molar refractivity (Wildman–Crippen MR) is 51.8 cm³/mol. The van der Waals surface area contributed by atoms with Crippen LogP contribution in [0.1, 0.15) is 17.7 Å². The average molecular weight is 167 g/mol. The van der Waals surface area contributed by atoms with Crippen LogP contribution in [0.2, 0.25) is 0 Å². The molecule has 2 atom stereocenters. The van der Waals surface area contributed by atoms with E-state index in [2.05, 4.69) is 12.6 Å². The first-order chi connectivity index (χ1) is 5.22. The van der Waals surface area contributed by atoms with Crippen LogP contribution in [-0.2, 0) is 0 Å². The third-order valence-electron chi connectivity index (χ3n) is 1.64. The first kappa shape index (κ1) is 8.62. The van der Waals surface area contributed by atoms with Crippen molar-refractivity contribution in [3.8, 4) is 0 Å². The van der Waals surface area contributed by atoms with E-state index in [0.29, 0.717) is 0 Å². The highest BCUT2D eigenvalue weighted by atomic mass is 32.1. The van der Waals surface area contributed by atoms with Crippen LogP contribution < -0.4 is 5.73 Å². The minimum absolute atomic E-state index is 0.0979. The maximum atomic E-state index is 5.69. The van der Waals surface area contributed by atoms with E-state index in [1.165, 1.54) is 5.56 Å². The van der Waals surface area contributed by atoms with Crippen molar-refractivity contribution >= 4 is 12.6 Å². The van der Waals surface area contributed by atoms with Crippen LogP contribution in [0, 0.1) is 0 Å². The lowest BCUT2D eigenvalue weighted by atomic mass is 10.1. The van der Waals surface area contributed by atoms with Crippen LogP contribution >= 0.6 is 12.6 Å². The Labute approximate surface area is 73.0 Å². The summed E-state index contributed by atoms with van der Waals surface area (Å²) in [6, 6.07) is 10.2. The topological polar surface area (TPSA) is 26.0 Å². The minimum atomic E-state index is 0.0979. The fourth-order valence-corrected chi connectivity index (χ4v) is 1.13. The number of thiol groups is 1. The summed E-state index contributed by atoms with van der Waals surface area (Å²) in [6.45, 7) is 1.96. The quantitative estimate of drug-likeness (QED) is 0.647. The Balaban J connectivity index is 2.77. The number of hydrogen-bond donors (Lipinski definition) is 2. The highest BCUT2D eigenvalue weighted by Crippen LogP contribution is 2.21. The van der Waals surface area contributed by atoms with Gasteiger partial charge >= 0.3 is 0 Å². The van der Waals surface area contributed by atoms with E-state index in [4.69, 9.17) is 5.73 Å². The molecule has 0 aliphatic rings. The lowest BCUT2D eigenvalue weighted by molar-refractivity contribution is 0.725. The largest absolute Gasteiger partial charge is 0.327 e. The first-order valence-electron chi connectivity index (χ1n) is 3.70. The molecule has 0 bridgehead atoms. The Morgan fingerprint density at radius 1 is 1.27 bits per heavy atom. The van der Waals surface area contributed by atoms with E-state index in [0.717, 1.165) is 0 Å². The molecule has 11 heavy (non-hydrogen) atoms. The van der Waals surface area contributed by atoms with Gasteiger partial charge in [0.2, 0.25) is 0 Å². The second kappa shape index (κ2) is 3.79. The summed E-state index contributed by atoms with van der Waals surface area (Å²) in [5.74, 6) is 0. The summed E-state index contributed by atoms with van der Waals surface area (Å²) in [5, 5.41) is 0.149. The summed E-state index contributed by atoms with van der Waals surface area (Å²) >= 11 is 4.39. The standard InChI is InChI=1S/C9H13NS/c1-7(10)9(11)8-5-3-2-4-6-8/h2-7,9,11H,10H2,1H3/t7-,9+/m1/s1. The minimum Gasteiger partial charge on any atom is -0.327 e. The number of hydrogen-bond acceptors (Lipinski definition) is 2. The third kappa shape index (κ3) is 2.24. The second-order valence-corrected chi connectivity index (χ2v) is 3.27. The maximum Gasteiger partial charge on any atom is 0.0415 e. The lowest BCUT2D eigenvalue weighted by Gasteiger charge is -2.14. The maximum absolute atomic E-state index is 5.69. The van der Waals surface area contributed by atoms with Gasteiger partial charge in [0.25, 0.3) is 0 Å². The third-order valence-corrected chi connectivity index (χ3v) is 2.41. The molecule has 0 saturated carbocycles. The van der Waals surface area contributed by atoms with Crippen molar-refractivity contribution < 1.29 is 0 Å². The van der Waals surface area contributed by atoms with Gasteiger partial charge in [0.15, 0.2) is 0 Å². The van der Waals surface area contributed by atoms with Crippen molar-refractivity contribution in [2.24, 2.45) is 5.73 Å². The van der Waals surface area contributed by atoms with E-state index in [9.17, 15) is 0 Å². The van der Waals surface area contributed by atoms with Crippen molar-refractivity contribution in [1.29, 1.82) is 0 Å². The van der Waals surface area contributed by atoms with Crippen LogP contribution in [0.15, 0.2) is 30.3 Å². The zero-order chi connectivity index (χ0) is 8.27. The number of rotatable bonds is 2. The van der Waals surface area contributed by atoms with E-state index in [-0.39, 0.29) is 11.3 Å². The monoisotopic (exact) mass is 167 g/mol. The molecule has 0 saturated heterocycles. The van der Waals surface area contributed by atoms with Gasteiger partial charge in [0, 0.05) is 11.3 Å². The summed E-state index contributed by atoms with van der Waals surface area (Å²) in [6.07, 6.45) is 0. The second-order valence-electron chi connectivity index (χ2n) is 2.71. The fourth-order valence-electron chi connectivity index (χ4n) is 0.954. The van der Waals surface area contributed by atoms with Crippen molar-refractivity contribution in [2.75, 3.05) is 0 Å². The molecule has 0 radical (unpaired) electrons. The van der Waals surface area contributed by atoms with Gasteiger partial charge in [-0.2, -0.15) is 12.6 Å². The van der Waals surface area contributed by atoms with Gasteiger partial charge in [-0.3, -0.25) is 0 Å². The van der Waals surface area contributed by atoms with E-state index in [1.807, 2.05) is 37.3 Å². The van der Waals surface area contributed by atoms with Gasteiger partial charge < -0.3 is 5.73 Å². The van der Waals surface area contributed by atoms with Gasteiger partial charge in [-0.15, -0.1) is 0 Å². The van der Waals surface area contributed by atoms with Gasteiger partial charge in [-0.05, 0) is 12.5 Å². The molecule has 2 heteroatoms. The smallest absolute Gasteiger partial charge is 0.0415 e. The molecular weight excluding hydrogens is 154 g/mol. The molecule has 0 aliphatic carbocycles. The molecule has 0 heterocycles. The van der Waals surface area contributed by atoms with Gasteiger partial charge in [0.05, 0.1) is 0 Å². The Kier molecular flexibility index (Phi) is 2.97. The van der Waals surface area contributed by atoms with Crippen molar-refractivity contribution in [2.45, 2.75) is 18.2 Å². The van der Waals surface area contributed by atoms with E-state index < -0.39 is 0 Å². The summed E-state index contributed by atoms with van der Waals surface area (Å²) < 4.78 is 0. The SMILES string of the molecule is C[C@@H](N)[C@H](S)c1ccccc1. The zero-order valence-electron chi connectivity index (χ0n) is 6.57. The van der Waals surface area contributed by atoms with Crippen LogP contribution in [0.3, 0.4) is 0 Å². The highest BCUT2D eigenvalue weighted by molar-refractivity contribution is 7.80. The average Bonchev–Trinajstić information content (AvgIpc) is 2.05. The van der Waals surface area contributed by atoms with E-state index >= 15 is 0 Å². The van der Waals surface area contributed by atoms with Crippen LogP contribution in [0.25, 0.3) is 0 Å². The summed E-state index contributed by atoms with van der Waals surface area (Å²) in [4.78, 5) is 0. The van der Waals surface area contributed by atoms with Gasteiger partial charge in [0.1, 0.15) is 0 Å². The molecule has 1 aromatic carbocycles. The molecule has 0 fully saturated rings. The molecule has 60 valence electrons. The van der Waals surface area contributed by atoms with Crippen LogP contribution in [0.5, 0.6) is 0 Å². The molecule has 0 spiro atoms. The zero-order valence-corrected chi connectivity index (χ0v) is 7.46. The molecule has 0 unspecified atom stereocenters. The Morgan fingerprint density at radius 3 is 2.27 bits per heavy atom. The normalized spacial score (nSPS) is 15.9. The molecule has 0 aliphatic heterocycles. The van der Waals surface area contributed by atoms with Gasteiger partial charge in [-0.25, -0.2) is 0 Å². The lowest BCUT2D eigenvalue weighted by Crippen LogP contribution is -2.20.